The van der Waals surface area contributed by atoms with Crippen LogP contribution in [0.1, 0.15) is 91.5 Å². The van der Waals surface area contributed by atoms with Gasteiger partial charge >= 0.3 is 5.97 Å². The van der Waals surface area contributed by atoms with E-state index in [0.717, 1.165) is 36.7 Å². The highest BCUT2D eigenvalue weighted by Crippen LogP contribution is 2.30. The Hall–Kier alpha value is -1.81. The van der Waals surface area contributed by atoms with Crippen molar-refractivity contribution in [1.29, 1.82) is 0 Å². The summed E-state index contributed by atoms with van der Waals surface area (Å²) >= 11 is 0. The summed E-state index contributed by atoms with van der Waals surface area (Å²) in [5, 5.41) is 1.05. The van der Waals surface area contributed by atoms with Gasteiger partial charge in [0.2, 0.25) is 0 Å². The smallest absolute Gasteiger partial charge is 0.311 e. The molecule has 168 valence electrons. The van der Waals surface area contributed by atoms with Crippen molar-refractivity contribution < 1.29 is 9.53 Å². The van der Waals surface area contributed by atoms with Gasteiger partial charge in [-0.1, -0.05) is 51.5 Å². The first-order valence-electron chi connectivity index (χ1n) is 12.0. The number of esters is 1. The standard InChI is InChI=1S/C26H42N2O2/c1-6-7-8-9-10-11-12-16-25(29)30-24-15-13-14-23-26(24)22(19-27-23)17-18-28(20(2)3)21(4)5/h13-15,19-21,27H,6-12,16-18H2,1-5H3. The molecule has 0 bridgehead atoms. The number of nitrogens with one attached hydrogen (secondary N) is 1. The Balaban J connectivity index is 1.94. The molecular weight excluding hydrogens is 372 g/mol. The molecule has 30 heavy (non-hydrogen) atoms. The molecule has 0 spiro atoms. The second kappa shape index (κ2) is 12.8. The van der Waals surface area contributed by atoms with E-state index in [1.807, 2.05) is 12.1 Å². The van der Waals surface area contributed by atoms with E-state index >= 15 is 0 Å². The third-order valence-electron chi connectivity index (χ3n) is 5.92. The predicted molar refractivity (Wildman–Crippen MR) is 127 cm³/mol. The van der Waals surface area contributed by atoms with Gasteiger partial charge in [0.25, 0.3) is 0 Å². The number of carbonyl (C=O) groups excluding carboxylic acids is 1. The van der Waals surface area contributed by atoms with Crippen LogP contribution >= 0.6 is 0 Å². The van der Waals surface area contributed by atoms with Crippen LogP contribution in [-0.2, 0) is 11.2 Å². The lowest BCUT2D eigenvalue weighted by Gasteiger charge is -2.30. The summed E-state index contributed by atoms with van der Waals surface area (Å²) in [6.45, 7) is 12.2. The van der Waals surface area contributed by atoms with E-state index < -0.39 is 0 Å². The van der Waals surface area contributed by atoms with Gasteiger partial charge in [0, 0.05) is 42.1 Å². The van der Waals surface area contributed by atoms with Crippen molar-refractivity contribution in [3.63, 3.8) is 0 Å². The number of aromatic amines is 1. The molecule has 1 heterocycles. The molecule has 4 nitrogen and oxygen atoms in total. The zero-order valence-corrected chi connectivity index (χ0v) is 19.8. The van der Waals surface area contributed by atoms with Crippen LogP contribution in [0, 0.1) is 0 Å². The van der Waals surface area contributed by atoms with Crippen molar-refractivity contribution in [3.8, 4) is 5.75 Å². The van der Waals surface area contributed by atoms with Gasteiger partial charge in [-0.15, -0.1) is 0 Å². The summed E-state index contributed by atoms with van der Waals surface area (Å²) in [4.78, 5) is 18.3. The van der Waals surface area contributed by atoms with Crippen molar-refractivity contribution in [2.75, 3.05) is 6.54 Å². The van der Waals surface area contributed by atoms with Crippen LogP contribution in [0.4, 0.5) is 0 Å². The minimum atomic E-state index is -0.116. The molecule has 0 radical (unpaired) electrons. The maximum atomic E-state index is 12.4. The largest absolute Gasteiger partial charge is 0.426 e. The number of ether oxygens (including phenoxy) is 1. The summed E-state index contributed by atoms with van der Waals surface area (Å²) in [5.74, 6) is 0.575. The lowest BCUT2D eigenvalue weighted by atomic mass is 10.1. The highest BCUT2D eigenvalue weighted by Gasteiger charge is 2.16. The molecule has 4 heteroatoms. The average Bonchev–Trinajstić information content (AvgIpc) is 3.11. The summed E-state index contributed by atoms with van der Waals surface area (Å²) < 4.78 is 5.80. The highest BCUT2D eigenvalue weighted by molar-refractivity contribution is 5.91. The van der Waals surface area contributed by atoms with Gasteiger partial charge in [-0.05, 0) is 58.2 Å². The Bertz CT molecular complexity index is 755. The minimum absolute atomic E-state index is 0.116. The van der Waals surface area contributed by atoms with Crippen molar-refractivity contribution in [2.24, 2.45) is 0 Å². The maximum absolute atomic E-state index is 12.4. The Morgan fingerprint density at radius 2 is 1.67 bits per heavy atom. The first-order valence-corrected chi connectivity index (χ1v) is 12.0. The Kier molecular flexibility index (Phi) is 10.4. The number of benzene rings is 1. The first-order chi connectivity index (χ1) is 14.4. The zero-order valence-electron chi connectivity index (χ0n) is 19.8. The van der Waals surface area contributed by atoms with Crippen LogP contribution in [-0.4, -0.2) is 34.5 Å². The number of rotatable bonds is 14. The topological polar surface area (TPSA) is 45.3 Å². The van der Waals surface area contributed by atoms with Crippen molar-refractivity contribution in [1.82, 2.24) is 9.88 Å². The van der Waals surface area contributed by atoms with Crippen LogP contribution in [0.2, 0.25) is 0 Å². The number of nitrogens with zero attached hydrogens (tertiary/aromatic N) is 1. The Morgan fingerprint density at radius 1 is 1.00 bits per heavy atom. The second-order valence-corrected chi connectivity index (χ2v) is 9.01. The van der Waals surface area contributed by atoms with Crippen LogP contribution in [0.25, 0.3) is 10.9 Å². The zero-order chi connectivity index (χ0) is 21.9. The number of unbranched alkanes of at least 4 members (excludes halogenated alkanes) is 6. The van der Waals surface area contributed by atoms with Gasteiger partial charge < -0.3 is 9.72 Å². The van der Waals surface area contributed by atoms with Gasteiger partial charge in [0.15, 0.2) is 0 Å². The predicted octanol–water partition coefficient (Wildman–Crippen LogP) is 6.88. The molecule has 2 rings (SSSR count). The fourth-order valence-corrected chi connectivity index (χ4v) is 4.26. The van der Waals surface area contributed by atoms with Gasteiger partial charge in [0.1, 0.15) is 5.75 Å². The fraction of sp³-hybridized carbons (Fsp3) is 0.654. The Morgan fingerprint density at radius 3 is 2.33 bits per heavy atom. The van der Waals surface area contributed by atoms with E-state index in [2.05, 4.69) is 56.8 Å². The van der Waals surface area contributed by atoms with E-state index in [1.54, 1.807) is 0 Å². The van der Waals surface area contributed by atoms with E-state index in [0.29, 0.717) is 24.3 Å². The summed E-state index contributed by atoms with van der Waals surface area (Å²) in [5.41, 5.74) is 2.25. The van der Waals surface area contributed by atoms with Crippen molar-refractivity contribution >= 4 is 16.9 Å². The summed E-state index contributed by atoms with van der Waals surface area (Å²) in [7, 11) is 0. The molecule has 1 N–H and O–H groups in total. The van der Waals surface area contributed by atoms with Crippen molar-refractivity contribution in [3.05, 3.63) is 30.0 Å². The van der Waals surface area contributed by atoms with Gasteiger partial charge in [-0.2, -0.15) is 0 Å². The normalized spacial score (nSPS) is 11.9. The molecule has 2 aromatic rings. The fourth-order valence-electron chi connectivity index (χ4n) is 4.26. The molecule has 0 aliphatic carbocycles. The number of carbonyl (C=O) groups is 1. The summed E-state index contributed by atoms with van der Waals surface area (Å²) in [6.07, 6.45) is 11.9. The minimum Gasteiger partial charge on any atom is -0.426 e. The van der Waals surface area contributed by atoms with Crippen LogP contribution < -0.4 is 4.74 Å². The van der Waals surface area contributed by atoms with E-state index in [1.165, 1.54) is 37.7 Å². The number of hydrogen-bond acceptors (Lipinski definition) is 3. The third-order valence-corrected chi connectivity index (χ3v) is 5.92. The summed E-state index contributed by atoms with van der Waals surface area (Å²) in [6, 6.07) is 6.94. The second-order valence-electron chi connectivity index (χ2n) is 9.01. The number of fused-ring (bicyclic) bond motifs is 1. The van der Waals surface area contributed by atoms with Crippen molar-refractivity contribution in [2.45, 2.75) is 104 Å². The van der Waals surface area contributed by atoms with Gasteiger partial charge in [0.05, 0.1) is 0 Å². The molecule has 0 amide bonds. The lowest BCUT2D eigenvalue weighted by Crippen LogP contribution is -2.38. The highest BCUT2D eigenvalue weighted by atomic mass is 16.5. The monoisotopic (exact) mass is 414 g/mol. The van der Waals surface area contributed by atoms with Gasteiger partial charge in [-0.25, -0.2) is 0 Å². The molecule has 0 saturated heterocycles. The molecule has 0 aliphatic heterocycles. The number of aromatic nitrogens is 1. The number of H-pyrrole nitrogens is 1. The molecule has 0 aliphatic rings. The number of hydrogen-bond donors (Lipinski definition) is 1. The lowest BCUT2D eigenvalue weighted by molar-refractivity contribution is -0.134. The molecule has 0 unspecified atom stereocenters. The molecule has 0 saturated carbocycles. The first kappa shape index (κ1) is 24.5. The van der Waals surface area contributed by atoms with Crippen LogP contribution in [0.3, 0.4) is 0 Å². The molecule has 1 aromatic heterocycles. The van der Waals surface area contributed by atoms with E-state index in [-0.39, 0.29) is 5.97 Å². The van der Waals surface area contributed by atoms with E-state index in [4.69, 9.17) is 4.74 Å². The average molecular weight is 415 g/mol. The maximum Gasteiger partial charge on any atom is 0.311 e. The molecule has 0 atom stereocenters. The third kappa shape index (κ3) is 7.46. The molecular formula is C26H42N2O2. The SMILES string of the molecule is CCCCCCCCCC(=O)Oc1cccc2[nH]cc(CCN(C(C)C)C(C)C)c12. The quantitative estimate of drug-likeness (QED) is 0.208. The van der Waals surface area contributed by atoms with Crippen LogP contribution in [0.15, 0.2) is 24.4 Å². The van der Waals surface area contributed by atoms with E-state index in [9.17, 15) is 4.79 Å². The molecule has 0 fully saturated rings. The molecule has 1 aromatic carbocycles. The van der Waals surface area contributed by atoms with Crippen LogP contribution in [0.5, 0.6) is 5.75 Å². The van der Waals surface area contributed by atoms with Gasteiger partial charge in [-0.3, -0.25) is 9.69 Å². The Labute approximate surface area is 183 Å².